The minimum absolute atomic E-state index is 0.102. The topological polar surface area (TPSA) is 237 Å². The smallest absolute Gasteiger partial charge is 0.462 e. The molecule has 0 aliphatic carbocycles. The first-order valence-corrected chi connectivity index (χ1v) is 42.4. The van der Waals surface area contributed by atoms with Gasteiger partial charge >= 0.3 is 39.5 Å². The van der Waals surface area contributed by atoms with Gasteiger partial charge in [0.2, 0.25) is 0 Å². The normalized spacial score (nSPS) is 14.6. The van der Waals surface area contributed by atoms with Gasteiger partial charge in [-0.3, -0.25) is 37.3 Å². The van der Waals surface area contributed by atoms with Gasteiger partial charge < -0.3 is 33.8 Å². The van der Waals surface area contributed by atoms with Gasteiger partial charge in [0, 0.05) is 25.7 Å². The fourth-order valence-corrected chi connectivity index (χ4v) is 13.1. The van der Waals surface area contributed by atoms with Crippen LogP contribution in [0.5, 0.6) is 0 Å². The first kappa shape index (κ1) is 93.1. The van der Waals surface area contributed by atoms with Crippen LogP contribution in [0.3, 0.4) is 0 Å². The van der Waals surface area contributed by atoms with E-state index in [0.717, 1.165) is 114 Å². The standard InChI is InChI=1S/C76H148O17P2/c1-8-11-12-13-14-15-16-17-18-19-20-21-22-23-24-25-28-32-35-45-52-59-75(80)92-71(63-86-73(78)57-50-43-34-31-29-26-27-30-33-40-47-54-67(4)5)65-90-94(82,83)88-61-70(77)62-89-95(84,85)91-66-72(93-76(81)60-53-46-39-37-42-49-56-69(7)10-3)64-87-74(79)58-51-44-38-36-41-48-55-68(6)9-2/h67-72,77H,8-66H2,1-7H3,(H,82,83)(H,84,85)/t68?,69?,70-,71-,72-/m1/s1. The van der Waals surface area contributed by atoms with Gasteiger partial charge in [0.15, 0.2) is 12.2 Å². The fraction of sp³-hybridized carbons (Fsp3) is 0.947. The monoisotopic (exact) mass is 1400 g/mol. The highest BCUT2D eigenvalue weighted by Crippen LogP contribution is 2.45. The second kappa shape index (κ2) is 66.6. The van der Waals surface area contributed by atoms with Crippen molar-refractivity contribution in [1.29, 1.82) is 0 Å². The van der Waals surface area contributed by atoms with Crippen LogP contribution < -0.4 is 0 Å². The van der Waals surface area contributed by atoms with Crippen molar-refractivity contribution in [3.8, 4) is 0 Å². The summed E-state index contributed by atoms with van der Waals surface area (Å²) in [6.07, 6.45) is 53.0. The third-order valence-corrected chi connectivity index (χ3v) is 20.3. The lowest BCUT2D eigenvalue weighted by atomic mass is 10.00. The molecule has 0 aliphatic rings. The number of carbonyl (C=O) groups is 4. The Labute approximate surface area is 581 Å². The molecule has 0 heterocycles. The molecule has 4 unspecified atom stereocenters. The SMILES string of the molecule is CCCCCCCCCCCCCCCCCCCCCCCC(=O)O[C@H](COC(=O)CCCCCCCCCCCCCC(C)C)COP(=O)(O)OC[C@@H](O)COP(=O)(O)OC[C@@H](COC(=O)CCCCCCCCC(C)CC)OC(=O)CCCCCCCCC(C)CC. The highest BCUT2D eigenvalue weighted by molar-refractivity contribution is 7.47. The van der Waals surface area contributed by atoms with Crippen molar-refractivity contribution in [2.24, 2.45) is 17.8 Å². The van der Waals surface area contributed by atoms with Crippen LogP contribution >= 0.6 is 15.6 Å². The van der Waals surface area contributed by atoms with E-state index < -0.39 is 97.5 Å². The average molecular weight is 1400 g/mol. The van der Waals surface area contributed by atoms with E-state index in [0.29, 0.717) is 25.7 Å². The summed E-state index contributed by atoms with van der Waals surface area (Å²) in [5.41, 5.74) is 0. The molecule has 0 aromatic carbocycles. The summed E-state index contributed by atoms with van der Waals surface area (Å²) in [5.74, 6) is 0.0981. The molecule has 0 rings (SSSR count). The van der Waals surface area contributed by atoms with E-state index in [2.05, 4.69) is 48.5 Å². The van der Waals surface area contributed by atoms with Crippen molar-refractivity contribution in [3.63, 3.8) is 0 Å². The molecule has 17 nitrogen and oxygen atoms in total. The molecular formula is C76H148O17P2. The minimum atomic E-state index is -4.96. The maximum Gasteiger partial charge on any atom is 0.472 e. The van der Waals surface area contributed by atoms with E-state index in [1.165, 1.54) is 193 Å². The molecular weight excluding hydrogens is 1250 g/mol. The van der Waals surface area contributed by atoms with E-state index in [9.17, 15) is 43.2 Å². The highest BCUT2D eigenvalue weighted by atomic mass is 31.2. The van der Waals surface area contributed by atoms with Crippen molar-refractivity contribution in [3.05, 3.63) is 0 Å². The van der Waals surface area contributed by atoms with E-state index in [4.69, 9.17) is 37.0 Å². The van der Waals surface area contributed by atoms with Gasteiger partial charge in [-0.1, -0.05) is 337 Å². The molecule has 19 heteroatoms. The van der Waals surface area contributed by atoms with Gasteiger partial charge in [0.1, 0.15) is 19.3 Å². The first-order chi connectivity index (χ1) is 45.8. The van der Waals surface area contributed by atoms with Crippen LogP contribution in [0.4, 0.5) is 0 Å². The van der Waals surface area contributed by atoms with Gasteiger partial charge in [-0.05, 0) is 43.4 Å². The molecule has 0 saturated heterocycles. The molecule has 0 aromatic heterocycles. The van der Waals surface area contributed by atoms with Crippen LogP contribution in [-0.2, 0) is 65.4 Å². The fourth-order valence-electron chi connectivity index (χ4n) is 11.5. The Morgan fingerprint density at radius 2 is 0.537 bits per heavy atom. The third kappa shape index (κ3) is 67.6. The predicted molar refractivity (Wildman–Crippen MR) is 386 cm³/mol. The lowest BCUT2D eigenvalue weighted by molar-refractivity contribution is -0.161. The number of rotatable bonds is 74. The zero-order chi connectivity index (χ0) is 70.1. The molecule has 3 N–H and O–H groups in total. The van der Waals surface area contributed by atoms with E-state index >= 15 is 0 Å². The molecule has 0 spiro atoms. The number of ether oxygens (including phenoxy) is 4. The lowest BCUT2D eigenvalue weighted by Gasteiger charge is -2.21. The zero-order valence-corrected chi connectivity index (χ0v) is 63.9. The summed E-state index contributed by atoms with van der Waals surface area (Å²) in [4.78, 5) is 72.7. The Morgan fingerprint density at radius 1 is 0.305 bits per heavy atom. The van der Waals surface area contributed by atoms with Crippen molar-refractivity contribution < 1.29 is 80.2 Å². The first-order valence-electron chi connectivity index (χ1n) is 39.4. The number of unbranched alkanes of at least 4 members (excludes halogenated alkanes) is 40. The quantitative estimate of drug-likeness (QED) is 0.0222. The molecule has 95 heavy (non-hydrogen) atoms. The van der Waals surface area contributed by atoms with Gasteiger partial charge in [0.25, 0.3) is 0 Å². The van der Waals surface area contributed by atoms with Crippen LogP contribution in [0, 0.1) is 17.8 Å². The summed E-state index contributed by atoms with van der Waals surface area (Å²) < 4.78 is 68.5. The van der Waals surface area contributed by atoms with Crippen LogP contribution in [0.1, 0.15) is 389 Å². The third-order valence-electron chi connectivity index (χ3n) is 18.4. The van der Waals surface area contributed by atoms with Crippen molar-refractivity contribution in [2.75, 3.05) is 39.6 Å². The molecule has 0 saturated carbocycles. The summed E-state index contributed by atoms with van der Waals surface area (Å²) in [6, 6.07) is 0. The largest absolute Gasteiger partial charge is 0.472 e. The minimum Gasteiger partial charge on any atom is -0.462 e. The number of aliphatic hydroxyl groups is 1. The summed E-state index contributed by atoms with van der Waals surface area (Å²) >= 11 is 0. The number of phosphoric acid groups is 2. The number of aliphatic hydroxyl groups excluding tert-OH is 1. The van der Waals surface area contributed by atoms with Gasteiger partial charge in [-0.2, -0.15) is 0 Å². The van der Waals surface area contributed by atoms with Crippen LogP contribution in [-0.4, -0.2) is 96.7 Å². The molecule has 0 radical (unpaired) electrons. The summed E-state index contributed by atoms with van der Waals surface area (Å²) in [5, 5.41) is 10.6. The van der Waals surface area contributed by atoms with Crippen molar-refractivity contribution in [2.45, 2.75) is 407 Å². The second-order valence-corrected chi connectivity index (χ2v) is 31.3. The zero-order valence-electron chi connectivity index (χ0n) is 62.1. The van der Waals surface area contributed by atoms with E-state index in [1.807, 2.05) is 0 Å². The van der Waals surface area contributed by atoms with Gasteiger partial charge in [-0.15, -0.1) is 0 Å². The maximum atomic E-state index is 13.1. The molecule has 0 bridgehead atoms. The lowest BCUT2D eigenvalue weighted by Crippen LogP contribution is -2.30. The molecule has 0 aliphatic heterocycles. The molecule has 0 amide bonds. The molecule has 564 valence electrons. The van der Waals surface area contributed by atoms with Crippen LogP contribution in [0.25, 0.3) is 0 Å². The molecule has 0 fully saturated rings. The second-order valence-electron chi connectivity index (χ2n) is 28.4. The van der Waals surface area contributed by atoms with Crippen molar-refractivity contribution in [1.82, 2.24) is 0 Å². The van der Waals surface area contributed by atoms with Crippen molar-refractivity contribution >= 4 is 39.5 Å². The Balaban J connectivity index is 5.20. The predicted octanol–water partition coefficient (Wildman–Crippen LogP) is 22.2. The van der Waals surface area contributed by atoms with Gasteiger partial charge in [0.05, 0.1) is 26.4 Å². The maximum absolute atomic E-state index is 13.1. The van der Waals surface area contributed by atoms with Crippen LogP contribution in [0.15, 0.2) is 0 Å². The molecule has 7 atom stereocenters. The number of esters is 4. The van der Waals surface area contributed by atoms with E-state index in [1.54, 1.807) is 0 Å². The average Bonchev–Trinajstić information content (AvgIpc) is 1.40. The number of phosphoric ester groups is 2. The van der Waals surface area contributed by atoms with Gasteiger partial charge in [-0.25, -0.2) is 9.13 Å². The molecule has 0 aromatic rings. The number of hydrogen-bond donors (Lipinski definition) is 3. The Hall–Kier alpha value is -1.94. The Morgan fingerprint density at radius 3 is 0.800 bits per heavy atom. The highest BCUT2D eigenvalue weighted by Gasteiger charge is 2.30. The summed E-state index contributed by atoms with van der Waals surface area (Å²) in [7, 11) is -9.91. The number of hydrogen-bond acceptors (Lipinski definition) is 15. The van der Waals surface area contributed by atoms with Crippen LogP contribution in [0.2, 0.25) is 0 Å². The Bertz CT molecular complexity index is 1860. The number of carbonyl (C=O) groups excluding carboxylic acids is 4. The van der Waals surface area contributed by atoms with E-state index in [-0.39, 0.29) is 25.7 Å². The summed E-state index contributed by atoms with van der Waals surface area (Å²) in [6.45, 7) is 11.8. The Kier molecular flexibility index (Phi) is 65.2.